The summed E-state index contributed by atoms with van der Waals surface area (Å²) < 4.78 is 1.61. The fraction of sp³-hybridized carbons (Fsp3) is 0.455. The van der Waals surface area contributed by atoms with Crippen molar-refractivity contribution in [2.24, 2.45) is 10.8 Å². The van der Waals surface area contributed by atoms with Crippen LogP contribution in [-0.2, 0) is 0 Å². The van der Waals surface area contributed by atoms with E-state index in [1.807, 2.05) is 6.20 Å². The van der Waals surface area contributed by atoms with Gasteiger partial charge in [-0.05, 0) is 61.0 Å². The molecule has 6 nitrogen and oxygen atoms in total. The molecule has 1 aromatic carbocycles. The highest BCUT2D eigenvalue weighted by Gasteiger charge is 2.48. The van der Waals surface area contributed by atoms with Crippen molar-refractivity contribution in [2.75, 3.05) is 0 Å². The number of hydrogen-bond donors (Lipinski definition) is 0. The Morgan fingerprint density at radius 2 is 2.07 bits per heavy atom. The molecule has 146 valence electrons. The Labute approximate surface area is 165 Å². The van der Waals surface area contributed by atoms with Crippen molar-refractivity contribution in [3.8, 4) is 5.69 Å². The summed E-state index contributed by atoms with van der Waals surface area (Å²) >= 11 is 0. The van der Waals surface area contributed by atoms with E-state index in [9.17, 15) is 10.1 Å². The van der Waals surface area contributed by atoms with Crippen LogP contribution in [-0.4, -0.2) is 19.9 Å². The predicted octanol–water partition coefficient (Wildman–Crippen LogP) is 5.50. The van der Waals surface area contributed by atoms with E-state index in [1.54, 1.807) is 16.8 Å². The summed E-state index contributed by atoms with van der Waals surface area (Å²) in [5.74, 6) is 0. The van der Waals surface area contributed by atoms with Gasteiger partial charge in [0.15, 0.2) is 0 Å². The third-order valence-corrected chi connectivity index (χ3v) is 7.15. The molecule has 0 aliphatic heterocycles. The molecule has 0 radical (unpaired) electrons. The highest BCUT2D eigenvalue weighted by atomic mass is 16.6. The Hall–Kier alpha value is -2.76. The first-order chi connectivity index (χ1) is 13.3. The Bertz CT molecular complexity index is 976. The largest absolute Gasteiger partial charge is 0.271 e. The maximum atomic E-state index is 11.0. The summed E-state index contributed by atoms with van der Waals surface area (Å²) in [4.78, 5) is 10.6. The quantitative estimate of drug-likeness (QED) is 0.402. The zero-order chi connectivity index (χ0) is 19.9. The molecule has 2 aliphatic carbocycles. The number of benzene rings is 1. The van der Waals surface area contributed by atoms with Gasteiger partial charge in [0.25, 0.3) is 5.69 Å². The molecule has 0 spiro atoms. The molecule has 28 heavy (non-hydrogen) atoms. The molecule has 0 saturated heterocycles. The van der Waals surface area contributed by atoms with Gasteiger partial charge in [0, 0.05) is 12.1 Å². The minimum Gasteiger partial charge on any atom is -0.258 e. The van der Waals surface area contributed by atoms with Crippen molar-refractivity contribution in [2.45, 2.75) is 52.4 Å². The number of nitro groups is 1. The second-order valence-electron chi connectivity index (χ2n) is 8.61. The van der Waals surface area contributed by atoms with E-state index < -0.39 is 4.92 Å². The first-order valence-electron chi connectivity index (χ1n) is 9.87. The molecule has 0 amide bonds. The van der Waals surface area contributed by atoms with E-state index in [0.717, 1.165) is 31.4 Å². The lowest BCUT2D eigenvalue weighted by Crippen LogP contribution is -2.41. The van der Waals surface area contributed by atoms with E-state index >= 15 is 0 Å². The van der Waals surface area contributed by atoms with Crippen LogP contribution in [0.25, 0.3) is 11.3 Å². The van der Waals surface area contributed by atoms with Crippen molar-refractivity contribution < 1.29 is 4.92 Å². The first kappa shape index (κ1) is 18.6. The molecule has 2 aliphatic rings. The smallest absolute Gasteiger partial charge is 0.258 e. The molecule has 1 aromatic heterocycles. The maximum Gasteiger partial charge on any atom is 0.271 e. The van der Waals surface area contributed by atoms with Crippen molar-refractivity contribution in [3.63, 3.8) is 0 Å². The Kier molecular flexibility index (Phi) is 4.44. The molecule has 0 unspecified atom stereocenters. The number of non-ortho nitro benzene ring substituents is 1. The third kappa shape index (κ3) is 2.97. The normalized spacial score (nSPS) is 27.6. The maximum absolute atomic E-state index is 11.0. The average Bonchev–Trinajstić information content (AvgIpc) is 3.11. The predicted molar refractivity (Wildman–Crippen MR) is 109 cm³/mol. The summed E-state index contributed by atoms with van der Waals surface area (Å²) in [5.41, 5.74) is 4.51. The molecular weight excluding hydrogens is 352 g/mol. The van der Waals surface area contributed by atoms with E-state index in [0.29, 0.717) is 5.69 Å². The number of rotatable bonds is 3. The lowest BCUT2D eigenvalue weighted by atomic mass is 9.54. The number of hydrogen-bond acceptors (Lipinski definition) is 4. The van der Waals surface area contributed by atoms with Crippen LogP contribution in [0.15, 0.2) is 48.7 Å². The van der Waals surface area contributed by atoms with Crippen molar-refractivity contribution in [1.82, 2.24) is 15.0 Å². The molecule has 1 heterocycles. The monoisotopic (exact) mass is 378 g/mol. The summed E-state index contributed by atoms with van der Waals surface area (Å²) in [6.07, 6.45) is 10.8. The van der Waals surface area contributed by atoms with Gasteiger partial charge in [-0.1, -0.05) is 43.4 Å². The molecule has 2 aromatic rings. The second-order valence-corrected chi connectivity index (χ2v) is 8.61. The topological polar surface area (TPSA) is 73.8 Å². The molecule has 1 fully saturated rings. The van der Waals surface area contributed by atoms with E-state index in [-0.39, 0.29) is 16.5 Å². The highest BCUT2D eigenvalue weighted by Crippen LogP contribution is 2.59. The SMILES string of the molecule is C=C1CCC[C@]2(C)CCC(c3cn(-c4cccc([N+](=O)[O-])c4)nn3)=CC[C@@]12C. The number of fused-ring (bicyclic) bond motifs is 1. The summed E-state index contributed by atoms with van der Waals surface area (Å²) in [6.45, 7) is 9.18. The van der Waals surface area contributed by atoms with Gasteiger partial charge in [0.05, 0.1) is 16.8 Å². The van der Waals surface area contributed by atoms with Crippen LogP contribution in [0.4, 0.5) is 5.69 Å². The van der Waals surface area contributed by atoms with E-state index in [1.165, 1.54) is 36.1 Å². The van der Waals surface area contributed by atoms with Gasteiger partial charge in [0.1, 0.15) is 5.69 Å². The minimum absolute atomic E-state index is 0.0478. The van der Waals surface area contributed by atoms with Crippen molar-refractivity contribution in [3.05, 3.63) is 64.5 Å². The summed E-state index contributed by atoms with van der Waals surface area (Å²) in [7, 11) is 0. The Balaban J connectivity index is 1.63. The van der Waals surface area contributed by atoms with Gasteiger partial charge in [-0.15, -0.1) is 5.10 Å². The minimum atomic E-state index is -0.398. The molecular formula is C22H26N4O2. The van der Waals surface area contributed by atoms with Crippen molar-refractivity contribution in [1.29, 1.82) is 0 Å². The van der Waals surface area contributed by atoms with Crippen LogP contribution in [0.1, 0.15) is 58.1 Å². The zero-order valence-electron chi connectivity index (χ0n) is 16.5. The molecule has 6 heteroatoms. The van der Waals surface area contributed by atoms with Gasteiger partial charge in [-0.2, -0.15) is 0 Å². The Morgan fingerprint density at radius 3 is 2.86 bits per heavy atom. The molecule has 0 bridgehead atoms. The summed E-state index contributed by atoms with van der Waals surface area (Å²) in [6, 6.07) is 6.46. The number of nitro benzene ring substituents is 1. The molecule has 0 N–H and O–H groups in total. The Morgan fingerprint density at radius 1 is 1.25 bits per heavy atom. The number of aromatic nitrogens is 3. The van der Waals surface area contributed by atoms with Gasteiger partial charge < -0.3 is 0 Å². The van der Waals surface area contributed by atoms with E-state index in [2.05, 4.69) is 36.8 Å². The van der Waals surface area contributed by atoms with Gasteiger partial charge >= 0.3 is 0 Å². The van der Waals surface area contributed by atoms with Gasteiger partial charge in [-0.3, -0.25) is 10.1 Å². The van der Waals surface area contributed by atoms with Crippen LogP contribution >= 0.6 is 0 Å². The van der Waals surface area contributed by atoms with Crippen LogP contribution < -0.4 is 0 Å². The molecule has 4 rings (SSSR count). The fourth-order valence-electron chi connectivity index (χ4n) is 4.82. The van der Waals surface area contributed by atoms with Crippen molar-refractivity contribution >= 4 is 11.3 Å². The lowest BCUT2D eigenvalue weighted by Gasteiger charge is -2.51. The van der Waals surface area contributed by atoms with Crippen LogP contribution in [0.2, 0.25) is 0 Å². The van der Waals surface area contributed by atoms with Crippen LogP contribution in [0.5, 0.6) is 0 Å². The third-order valence-electron chi connectivity index (χ3n) is 7.15. The van der Waals surface area contributed by atoms with Gasteiger partial charge in [-0.25, -0.2) is 4.68 Å². The zero-order valence-corrected chi connectivity index (χ0v) is 16.5. The first-order valence-corrected chi connectivity index (χ1v) is 9.87. The average molecular weight is 378 g/mol. The van der Waals surface area contributed by atoms with Crippen LogP contribution in [0, 0.1) is 20.9 Å². The molecule has 2 atom stereocenters. The highest BCUT2D eigenvalue weighted by molar-refractivity contribution is 5.63. The molecule has 1 saturated carbocycles. The lowest BCUT2D eigenvalue weighted by molar-refractivity contribution is -0.384. The summed E-state index contributed by atoms with van der Waals surface area (Å²) in [5, 5.41) is 19.6. The van der Waals surface area contributed by atoms with E-state index in [4.69, 9.17) is 0 Å². The second kappa shape index (κ2) is 6.69. The van der Waals surface area contributed by atoms with Crippen LogP contribution in [0.3, 0.4) is 0 Å². The van der Waals surface area contributed by atoms with Gasteiger partial charge in [0.2, 0.25) is 0 Å². The standard InChI is InChI=1S/C22H26N4O2/c1-16-6-5-11-21(2)12-9-17(10-13-22(16,21)3)20-15-25(24-23-20)18-7-4-8-19(14-18)26(27)28/h4,7-8,10,14-15H,1,5-6,9,11-13H2,2-3H3/t21-,22+/m1/s1. The number of allylic oxidation sites excluding steroid dienone is 3. The number of nitrogens with zero attached hydrogens (tertiary/aromatic N) is 4. The fourth-order valence-corrected chi connectivity index (χ4v) is 4.82.